The van der Waals surface area contributed by atoms with E-state index in [1.54, 1.807) is 0 Å². The molecule has 1 aromatic heterocycles. The second-order valence-electron chi connectivity index (χ2n) is 5.32. The maximum absolute atomic E-state index is 12.0. The van der Waals surface area contributed by atoms with E-state index in [0.717, 1.165) is 15.8 Å². The fourth-order valence-corrected chi connectivity index (χ4v) is 6.78. The molecule has 0 aliphatic carbocycles. The first-order chi connectivity index (χ1) is 10.4. The van der Waals surface area contributed by atoms with Crippen LogP contribution in [0, 0.1) is 6.92 Å². The average Bonchev–Trinajstić information content (AvgIpc) is 3.00. The number of para-hydroxylation sites is 1. The predicted octanol–water partition coefficient (Wildman–Crippen LogP) is 2.46. The Balaban J connectivity index is 1.58. The van der Waals surface area contributed by atoms with Crippen LogP contribution in [-0.2, 0) is 14.6 Å². The number of amides is 1. The molecule has 0 spiro atoms. The fraction of sp³-hybridized carbons (Fsp3) is 0.429. The summed E-state index contributed by atoms with van der Waals surface area (Å²) in [4.78, 5) is 16.4. The Hall–Kier alpha value is -1.12. The van der Waals surface area contributed by atoms with E-state index in [1.165, 1.54) is 23.1 Å². The number of thioether (sulfide) groups is 1. The lowest BCUT2D eigenvalue weighted by Gasteiger charge is -2.06. The molecule has 2 heterocycles. The predicted molar refractivity (Wildman–Crippen MR) is 92.5 cm³/mol. The number of nitrogens with one attached hydrogen (secondary N) is 1. The van der Waals surface area contributed by atoms with Crippen molar-refractivity contribution in [3.63, 3.8) is 0 Å². The quantitative estimate of drug-likeness (QED) is 0.911. The van der Waals surface area contributed by atoms with Gasteiger partial charge in [0, 0.05) is 5.25 Å². The second kappa shape index (κ2) is 6.17. The van der Waals surface area contributed by atoms with E-state index in [1.807, 2.05) is 25.1 Å². The molecule has 1 amide bonds. The number of anilines is 1. The highest BCUT2D eigenvalue weighted by Gasteiger charge is 2.28. The van der Waals surface area contributed by atoms with Crippen LogP contribution in [0.5, 0.6) is 0 Å². The van der Waals surface area contributed by atoms with E-state index in [9.17, 15) is 13.2 Å². The zero-order valence-corrected chi connectivity index (χ0v) is 14.5. The van der Waals surface area contributed by atoms with Gasteiger partial charge < -0.3 is 5.32 Å². The van der Waals surface area contributed by atoms with Crippen molar-refractivity contribution in [3.8, 4) is 0 Å². The van der Waals surface area contributed by atoms with Gasteiger partial charge in [-0.15, -0.1) is 11.8 Å². The molecule has 1 aliphatic heterocycles. The third-order valence-electron chi connectivity index (χ3n) is 3.51. The van der Waals surface area contributed by atoms with Crippen LogP contribution in [0.1, 0.15) is 12.0 Å². The smallest absolute Gasteiger partial charge is 0.236 e. The largest absolute Gasteiger partial charge is 0.301 e. The number of aromatic nitrogens is 1. The minimum absolute atomic E-state index is 0.0355. The first kappa shape index (κ1) is 15.8. The zero-order chi connectivity index (χ0) is 15.7. The Morgan fingerprint density at radius 2 is 2.32 bits per heavy atom. The van der Waals surface area contributed by atoms with Gasteiger partial charge in [-0.3, -0.25) is 4.79 Å². The summed E-state index contributed by atoms with van der Waals surface area (Å²) in [5.41, 5.74) is 2.00. The maximum atomic E-state index is 12.0. The number of carbonyl (C=O) groups excluding carboxylic acids is 1. The van der Waals surface area contributed by atoms with Crippen LogP contribution in [0.2, 0.25) is 0 Å². The van der Waals surface area contributed by atoms with Gasteiger partial charge >= 0.3 is 0 Å². The number of benzene rings is 1. The van der Waals surface area contributed by atoms with E-state index in [4.69, 9.17) is 0 Å². The molecule has 118 valence electrons. The molecule has 1 atom stereocenters. The minimum Gasteiger partial charge on any atom is -0.301 e. The number of fused-ring (bicyclic) bond motifs is 1. The summed E-state index contributed by atoms with van der Waals surface area (Å²) in [5.74, 6) is 0.551. The molecular weight excluding hydrogens is 340 g/mol. The number of rotatable bonds is 4. The monoisotopic (exact) mass is 356 g/mol. The molecule has 1 N–H and O–H groups in total. The van der Waals surface area contributed by atoms with Crippen molar-refractivity contribution >= 4 is 54.2 Å². The molecule has 0 bridgehead atoms. The molecule has 8 heteroatoms. The van der Waals surface area contributed by atoms with Crippen LogP contribution >= 0.6 is 23.1 Å². The van der Waals surface area contributed by atoms with Crippen molar-refractivity contribution in [2.45, 2.75) is 18.6 Å². The summed E-state index contributed by atoms with van der Waals surface area (Å²) in [6.07, 6.45) is 0.639. The van der Waals surface area contributed by atoms with Gasteiger partial charge in [-0.05, 0) is 25.0 Å². The zero-order valence-electron chi connectivity index (χ0n) is 12.0. The van der Waals surface area contributed by atoms with Gasteiger partial charge in [0.25, 0.3) is 0 Å². The lowest BCUT2D eigenvalue weighted by atomic mass is 10.2. The van der Waals surface area contributed by atoms with Crippen LogP contribution in [0.15, 0.2) is 18.2 Å². The van der Waals surface area contributed by atoms with Gasteiger partial charge in [0.2, 0.25) is 5.91 Å². The summed E-state index contributed by atoms with van der Waals surface area (Å²) in [5, 5.41) is 3.43. The van der Waals surface area contributed by atoms with E-state index < -0.39 is 9.84 Å². The summed E-state index contributed by atoms with van der Waals surface area (Å²) in [6.45, 7) is 1.99. The van der Waals surface area contributed by atoms with Gasteiger partial charge in [0.15, 0.2) is 15.0 Å². The van der Waals surface area contributed by atoms with Crippen LogP contribution in [-0.4, -0.2) is 41.8 Å². The highest BCUT2D eigenvalue weighted by atomic mass is 32.2. The molecule has 5 nitrogen and oxygen atoms in total. The molecular formula is C14H16N2O3S3. The number of thiazole rings is 1. The Morgan fingerprint density at radius 3 is 3.00 bits per heavy atom. The number of hydrogen-bond acceptors (Lipinski definition) is 6. The lowest BCUT2D eigenvalue weighted by Crippen LogP contribution is -2.17. The molecule has 1 aliphatic rings. The summed E-state index contributed by atoms with van der Waals surface area (Å²) in [7, 11) is -2.89. The van der Waals surface area contributed by atoms with Crippen LogP contribution in [0.25, 0.3) is 10.2 Å². The van der Waals surface area contributed by atoms with Crippen LogP contribution < -0.4 is 5.32 Å². The molecule has 2 aromatic rings. The van der Waals surface area contributed by atoms with Gasteiger partial charge in [0.1, 0.15) is 0 Å². The Labute approximate surface area is 137 Å². The number of sulfone groups is 1. The lowest BCUT2D eigenvalue weighted by molar-refractivity contribution is -0.113. The van der Waals surface area contributed by atoms with Crippen LogP contribution in [0.3, 0.4) is 0 Å². The van der Waals surface area contributed by atoms with Gasteiger partial charge in [-0.2, -0.15) is 0 Å². The molecule has 0 unspecified atom stereocenters. The molecule has 0 saturated carbocycles. The van der Waals surface area contributed by atoms with E-state index in [2.05, 4.69) is 10.3 Å². The third kappa shape index (κ3) is 3.61. The van der Waals surface area contributed by atoms with Crippen molar-refractivity contribution < 1.29 is 13.2 Å². The molecule has 1 fully saturated rings. The minimum atomic E-state index is -2.89. The van der Waals surface area contributed by atoms with Crippen LogP contribution in [0.4, 0.5) is 5.13 Å². The molecule has 1 saturated heterocycles. The van der Waals surface area contributed by atoms with Crippen molar-refractivity contribution in [3.05, 3.63) is 23.8 Å². The summed E-state index contributed by atoms with van der Waals surface area (Å²) in [6, 6.07) is 5.94. The Morgan fingerprint density at radius 1 is 1.50 bits per heavy atom. The SMILES string of the molecule is Cc1cccc2sc(NC(=O)CS[C@@H]3CCS(=O)(=O)C3)nc12. The topological polar surface area (TPSA) is 76.1 Å². The standard InChI is InChI=1S/C14H16N2O3S3/c1-9-3-2-4-11-13(9)16-14(21-11)15-12(17)7-20-10-5-6-22(18,19)8-10/h2-4,10H,5-8H2,1H3,(H,15,16,17)/t10-/m1/s1. The highest BCUT2D eigenvalue weighted by Crippen LogP contribution is 2.28. The maximum Gasteiger partial charge on any atom is 0.236 e. The van der Waals surface area contributed by atoms with Crippen molar-refractivity contribution in [1.29, 1.82) is 0 Å². The number of hydrogen-bond donors (Lipinski definition) is 1. The fourth-order valence-electron chi connectivity index (χ4n) is 2.38. The number of nitrogens with zero attached hydrogens (tertiary/aromatic N) is 1. The van der Waals surface area contributed by atoms with Gasteiger partial charge in [-0.25, -0.2) is 13.4 Å². The number of carbonyl (C=O) groups is 1. The molecule has 0 radical (unpaired) electrons. The molecule has 22 heavy (non-hydrogen) atoms. The normalized spacial score (nSPS) is 20.3. The Kier molecular flexibility index (Phi) is 4.42. The summed E-state index contributed by atoms with van der Waals surface area (Å²) < 4.78 is 23.8. The van der Waals surface area contributed by atoms with E-state index in [0.29, 0.717) is 11.6 Å². The first-order valence-corrected chi connectivity index (χ1v) is 10.6. The van der Waals surface area contributed by atoms with Gasteiger partial charge in [0.05, 0.1) is 27.5 Å². The molecule has 1 aromatic carbocycles. The van der Waals surface area contributed by atoms with E-state index >= 15 is 0 Å². The van der Waals surface area contributed by atoms with E-state index in [-0.39, 0.29) is 28.4 Å². The summed E-state index contributed by atoms with van der Waals surface area (Å²) >= 11 is 2.86. The first-order valence-electron chi connectivity index (χ1n) is 6.91. The van der Waals surface area contributed by atoms with Crippen molar-refractivity contribution in [2.24, 2.45) is 0 Å². The second-order valence-corrected chi connectivity index (χ2v) is 9.87. The Bertz CT molecular complexity index is 814. The van der Waals surface area contributed by atoms with Crippen molar-refractivity contribution in [1.82, 2.24) is 4.98 Å². The number of aryl methyl sites for hydroxylation is 1. The average molecular weight is 356 g/mol. The van der Waals surface area contributed by atoms with Crippen molar-refractivity contribution in [2.75, 3.05) is 22.6 Å². The highest BCUT2D eigenvalue weighted by molar-refractivity contribution is 8.02. The molecule has 3 rings (SSSR count). The van der Waals surface area contributed by atoms with Gasteiger partial charge in [-0.1, -0.05) is 23.5 Å². The third-order valence-corrected chi connectivity index (χ3v) is 7.73.